The first-order chi connectivity index (χ1) is 11.2. The highest BCUT2D eigenvalue weighted by Gasteiger charge is 2.31. The quantitative estimate of drug-likeness (QED) is 0.635. The Labute approximate surface area is 139 Å². The summed E-state index contributed by atoms with van der Waals surface area (Å²) in [6.45, 7) is 0. The fraction of sp³-hybridized carbons (Fsp3) is 0.611. The number of hydrogen-bond acceptors (Lipinski definition) is 4. The number of nitrogens with zero attached hydrogens (tertiary/aromatic N) is 1. The lowest BCUT2D eigenvalue weighted by atomic mass is 9.99. The van der Waals surface area contributed by atoms with Crippen LogP contribution >= 0.6 is 0 Å². The van der Waals surface area contributed by atoms with Crippen molar-refractivity contribution in [3.8, 4) is 0 Å². The fourth-order valence-corrected chi connectivity index (χ4v) is 5.11. The lowest BCUT2D eigenvalue weighted by molar-refractivity contribution is 0.315. The van der Waals surface area contributed by atoms with E-state index in [0.29, 0.717) is 23.4 Å². The summed E-state index contributed by atoms with van der Waals surface area (Å²) in [6.07, 6.45) is 9.77. The third kappa shape index (κ3) is 5.06. The molecule has 0 unspecified atom stereocenters. The van der Waals surface area contributed by atoms with Gasteiger partial charge in [0.25, 0.3) is 0 Å². The highest BCUT2D eigenvalue weighted by molar-refractivity contribution is 7.92. The Bertz CT molecular complexity index is 596. The molecule has 0 aromatic heterocycles. The largest absolute Gasteiger partial charge is 0.411 e. The number of benzene rings is 1. The Kier molecular flexibility index (Phi) is 7.09. The summed E-state index contributed by atoms with van der Waals surface area (Å²) >= 11 is 0. The molecule has 0 aliphatic heterocycles. The summed E-state index contributed by atoms with van der Waals surface area (Å²) in [4.78, 5) is 0.318. The first-order valence-corrected chi connectivity index (χ1v) is 10.2. The molecule has 1 aliphatic rings. The molecule has 0 amide bonds. The molecule has 0 saturated heterocycles. The predicted molar refractivity (Wildman–Crippen MR) is 92.8 cm³/mol. The maximum absolute atomic E-state index is 13.0. The molecule has 4 nitrogen and oxygen atoms in total. The number of hydrogen-bond donors (Lipinski definition) is 1. The zero-order chi connectivity index (χ0) is 16.5. The van der Waals surface area contributed by atoms with Gasteiger partial charge in [0, 0.05) is 0 Å². The van der Waals surface area contributed by atoms with E-state index in [1.165, 1.54) is 19.3 Å². The van der Waals surface area contributed by atoms with Crippen molar-refractivity contribution in [2.45, 2.75) is 74.4 Å². The van der Waals surface area contributed by atoms with Gasteiger partial charge < -0.3 is 5.21 Å². The van der Waals surface area contributed by atoms with E-state index < -0.39 is 15.1 Å². The lowest BCUT2D eigenvalue weighted by Crippen LogP contribution is -2.31. The third-order valence-electron chi connectivity index (χ3n) is 4.60. The average molecular weight is 337 g/mol. The minimum atomic E-state index is -3.50. The normalized spacial score (nSPS) is 23.8. The summed E-state index contributed by atoms with van der Waals surface area (Å²) in [5.41, 5.74) is 0.425. The Morgan fingerprint density at radius 3 is 2.04 bits per heavy atom. The number of rotatable bonds is 2. The minimum absolute atomic E-state index is 0.318. The van der Waals surface area contributed by atoms with Crippen molar-refractivity contribution in [2.24, 2.45) is 5.16 Å². The van der Waals surface area contributed by atoms with E-state index in [2.05, 4.69) is 5.16 Å². The molecule has 0 spiro atoms. The van der Waals surface area contributed by atoms with Gasteiger partial charge in [0.2, 0.25) is 0 Å². The van der Waals surface area contributed by atoms with Gasteiger partial charge in [0.15, 0.2) is 9.84 Å². The monoisotopic (exact) mass is 337 g/mol. The van der Waals surface area contributed by atoms with E-state index in [1.54, 1.807) is 30.3 Å². The van der Waals surface area contributed by atoms with Crippen LogP contribution in [0.25, 0.3) is 0 Å². The van der Waals surface area contributed by atoms with E-state index in [4.69, 9.17) is 0 Å². The third-order valence-corrected chi connectivity index (χ3v) is 6.78. The van der Waals surface area contributed by atoms with Crippen molar-refractivity contribution in [1.29, 1.82) is 0 Å². The molecule has 1 atom stereocenters. The Morgan fingerprint density at radius 1 is 0.870 bits per heavy atom. The van der Waals surface area contributed by atoms with Gasteiger partial charge in [-0.15, -0.1) is 0 Å². The first-order valence-electron chi connectivity index (χ1n) is 8.66. The van der Waals surface area contributed by atoms with Crippen molar-refractivity contribution in [2.75, 3.05) is 0 Å². The molecule has 1 saturated carbocycles. The zero-order valence-electron chi connectivity index (χ0n) is 13.7. The Morgan fingerprint density at radius 2 is 1.43 bits per heavy atom. The molecular weight excluding hydrogens is 310 g/mol. The number of oxime groups is 1. The second-order valence-corrected chi connectivity index (χ2v) is 8.44. The van der Waals surface area contributed by atoms with Gasteiger partial charge in [-0.25, -0.2) is 8.42 Å². The van der Waals surface area contributed by atoms with Gasteiger partial charge >= 0.3 is 0 Å². The smallest absolute Gasteiger partial charge is 0.186 e. The van der Waals surface area contributed by atoms with Crippen molar-refractivity contribution in [1.82, 2.24) is 0 Å². The SMILES string of the molecule is O=S(=O)(c1ccccc1)[C@@H]1CCCCCCCCCC/C1=N\O. The lowest BCUT2D eigenvalue weighted by Gasteiger charge is -2.20. The molecule has 0 heterocycles. The topological polar surface area (TPSA) is 66.7 Å². The van der Waals surface area contributed by atoms with Gasteiger partial charge in [-0.1, -0.05) is 68.3 Å². The van der Waals surface area contributed by atoms with Gasteiger partial charge in [-0.05, 0) is 31.4 Å². The Balaban J connectivity index is 2.24. The van der Waals surface area contributed by atoms with E-state index in [1.807, 2.05) is 0 Å². The molecule has 128 valence electrons. The summed E-state index contributed by atoms with van der Waals surface area (Å²) in [7, 11) is -3.50. The van der Waals surface area contributed by atoms with Crippen LogP contribution in [0, 0.1) is 0 Å². The summed E-state index contributed by atoms with van der Waals surface area (Å²) in [6, 6.07) is 8.53. The van der Waals surface area contributed by atoms with Crippen molar-refractivity contribution >= 4 is 15.5 Å². The molecule has 0 bridgehead atoms. The second-order valence-electron chi connectivity index (χ2n) is 6.31. The standard InChI is InChI=1S/C18H27NO3S/c20-19-17-14-10-5-3-1-2-4-6-11-15-18(17)23(21,22)16-12-8-7-9-13-16/h7-9,12-13,18,20H,1-6,10-11,14-15H2/b19-17+/t18-/m1/s1. The van der Waals surface area contributed by atoms with Crippen LogP contribution < -0.4 is 0 Å². The van der Waals surface area contributed by atoms with Crippen LogP contribution in [0.2, 0.25) is 0 Å². The molecule has 1 aliphatic carbocycles. The van der Waals surface area contributed by atoms with Crippen LogP contribution in [0.5, 0.6) is 0 Å². The molecule has 1 fully saturated rings. The predicted octanol–water partition coefficient (Wildman–Crippen LogP) is 4.57. The first kappa shape index (κ1) is 18.0. The molecule has 1 aromatic rings. The van der Waals surface area contributed by atoms with Crippen molar-refractivity contribution in [3.63, 3.8) is 0 Å². The van der Waals surface area contributed by atoms with Gasteiger partial charge in [-0.2, -0.15) is 0 Å². The van der Waals surface area contributed by atoms with Crippen LogP contribution in [0.3, 0.4) is 0 Å². The highest BCUT2D eigenvalue weighted by atomic mass is 32.2. The molecule has 2 rings (SSSR count). The highest BCUT2D eigenvalue weighted by Crippen LogP contribution is 2.25. The maximum Gasteiger partial charge on any atom is 0.186 e. The van der Waals surface area contributed by atoms with E-state index in [9.17, 15) is 13.6 Å². The van der Waals surface area contributed by atoms with Crippen LogP contribution in [0.1, 0.15) is 64.2 Å². The molecule has 1 aromatic carbocycles. The molecular formula is C18H27NO3S. The van der Waals surface area contributed by atoms with Crippen molar-refractivity contribution < 1.29 is 13.6 Å². The van der Waals surface area contributed by atoms with Crippen LogP contribution in [0.15, 0.2) is 40.4 Å². The maximum atomic E-state index is 13.0. The summed E-state index contributed by atoms with van der Waals surface area (Å²) in [5.74, 6) is 0. The van der Waals surface area contributed by atoms with Gasteiger partial charge in [-0.3, -0.25) is 0 Å². The molecule has 0 radical (unpaired) electrons. The van der Waals surface area contributed by atoms with Gasteiger partial charge in [0.1, 0.15) is 5.25 Å². The summed E-state index contributed by atoms with van der Waals surface area (Å²) in [5, 5.41) is 12.1. The average Bonchev–Trinajstić information content (AvgIpc) is 2.56. The molecule has 5 heteroatoms. The van der Waals surface area contributed by atoms with Crippen LogP contribution in [-0.4, -0.2) is 24.6 Å². The van der Waals surface area contributed by atoms with Crippen LogP contribution in [-0.2, 0) is 9.84 Å². The molecule has 23 heavy (non-hydrogen) atoms. The second kappa shape index (κ2) is 9.06. The molecule has 1 N–H and O–H groups in total. The van der Waals surface area contributed by atoms with Crippen molar-refractivity contribution in [3.05, 3.63) is 30.3 Å². The van der Waals surface area contributed by atoms with E-state index in [0.717, 1.165) is 32.1 Å². The number of sulfone groups is 1. The van der Waals surface area contributed by atoms with Gasteiger partial charge in [0.05, 0.1) is 10.6 Å². The Hall–Kier alpha value is -1.36. The fourth-order valence-electron chi connectivity index (χ4n) is 3.25. The van der Waals surface area contributed by atoms with E-state index in [-0.39, 0.29) is 0 Å². The summed E-state index contributed by atoms with van der Waals surface area (Å²) < 4.78 is 26.0. The van der Waals surface area contributed by atoms with Crippen LogP contribution in [0.4, 0.5) is 0 Å². The zero-order valence-corrected chi connectivity index (χ0v) is 14.5. The van der Waals surface area contributed by atoms with E-state index >= 15 is 0 Å². The minimum Gasteiger partial charge on any atom is -0.411 e.